The maximum absolute atomic E-state index is 5.20. The molecule has 1 rings (SSSR count). The lowest BCUT2D eigenvalue weighted by Crippen LogP contribution is -2.48. The van der Waals surface area contributed by atoms with E-state index in [9.17, 15) is 0 Å². The number of thiocarbonyl (C=S) groups is 2. The van der Waals surface area contributed by atoms with Crippen molar-refractivity contribution in [2.24, 2.45) is 0 Å². The lowest BCUT2D eigenvalue weighted by atomic mass is 10.1. The number of anilines is 1. The summed E-state index contributed by atoms with van der Waals surface area (Å²) in [5.41, 5.74) is 9.07. The number of benzene rings is 1. The van der Waals surface area contributed by atoms with Crippen LogP contribution >= 0.6 is 24.4 Å². The van der Waals surface area contributed by atoms with Crippen molar-refractivity contribution in [1.82, 2.24) is 16.2 Å². The number of unbranched alkanes of at least 4 members (excludes halogenated alkanes) is 1. The van der Waals surface area contributed by atoms with Gasteiger partial charge < -0.3 is 10.6 Å². The van der Waals surface area contributed by atoms with Crippen LogP contribution < -0.4 is 21.5 Å². The molecule has 0 saturated heterocycles. The van der Waals surface area contributed by atoms with Crippen molar-refractivity contribution in [3.63, 3.8) is 0 Å². The van der Waals surface area contributed by atoms with Gasteiger partial charge in [-0.2, -0.15) is 0 Å². The predicted molar refractivity (Wildman–Crippen MR) is 93.9 cm³/mol. The van der Waals surface area contributed by atoms with E-state index in [4.69, 9.17) is 24.4 Å². The smallest absolute Gasteiger partial charge is 0.189 e. The Kier molecular flexibility index (Phi) is 7.25. The Labute approximate surface area is 131 Å². The standard InChI is InChI=1S/C14H22N4S2/c1-4-5-6-15-13(19)17-18-14(20)16-12-8-10(2)7-11(3)9-12/h7-9H,4-6H2,1-3H3,(H2,15,17,19)(H2,16,18,20). The molecular weight excluding hydrogens is 288 g/mol. The normalized spacial score (nSPS) is 9.75. The molecule has 0 bridgehead atoms. The van der Waals surface area contributed by atoms with E-state index in [0.717, 1.165) is 25.1 Å². The lowest BCUT2D eigenvalue weighted by Gasteiger charge is -2.14. The fourth-order valence-electron chi connectivity index (χ4n) is 1.75. The predicted octanol–water partition coefficient (Wildman–Crippen LogP) is 2.77. The Morgan fingerprint density at radius 3 is 2.20 bits per heavy atom. The van der Waals surface area contributed by atoms with Gasteiger partial charge in [0.25, 0.3) is 0 Å². The van der Waals surface area contributed by atoms with Crippen LogP contribution in [-0.2, 0) is 0 Å². The van der Waals surface area contributed by atoms with Crippen molar-refractivity contribution >= 4 is 40.3 Å². The van der Waals surface area contributed by atoms with Crippen molar-refractivity contribution in [3.05, 3.63) is 29.3 Å². The maximum Gasteiger partial charge on any atom is 0.189 e. The summed E-state index contributed by atoms with van der Waals surface area (Å²) in [6, 6.07) is 6.20. The van der Waals surface area contributed by atoms with Gasteiger partial charge in [0, 0.05) is 12.2 Å². The third-order valence-electron chi connectivity index (χ3n) is 2.59. The van der Waals surface area contributed by atoms with Crippen LogP contribution in [0, 0.1) is 13.8 Å². The van der Waals surface area contributed by atoms with Crippen molar-refractivity contribution in [3.8, 4) is 0 Å². The van der Waals surface area contributed by atoms with E-state index in [0.29, 0.717) is 10.2 Å². The van der Waals surface area contributed by atoms with Crippen molar-refractivity contribution in [2.45, 2.75) is 33.6 Å². The number of aryl methyl sites for hydroxylation is 2. The van der Waals surface area contributed by atoms with Crippen LogP contribution in [-0.4, -0.2) is 16.8 Å². The first-order valence-electron chi connectivity index (χ1n) is 6.70. The topological polar surface area (TPSA) is 48.1 Å². The summed E-state index contributed by atoms with van der Waals surface area (Å²) in [6.45, 7) is 7.11. The highest BCUT2D eigenvalue weighted by molar-refractivity contribution is 7.80. The molecule has 0 aliphatic heterocycles. The average Bonchev–Trinajstić information content (AvgIpc) is 2.35. The summed E-state index contributed by atoms with van der Waals surface area (Å²) in [5.74, 6) is 0. The van der Waals surface area contributed by atoms with Crippen LogP contribution in [0.4, 0.5) is 5.69 Å². The molecule has 0 atom stereocenters. The van der Waals surface area contributed by atoms with Gasteiger partial charge >= 0.3 is 0 Å². The lowest BCUT2D eigenvalue weighted by molar-refractivity contribution is 0.732. The van der Waals surface area contributed by atoms with Crippen LogP contribution in [0.3, 0.4) is 0 Å². The van der Waals surface area contributed by atoms with Gasteiger partial charge in [0.1, 0.15) is 0 Å². The zero-order valence-electron chi connectivity index (χ0n) is 12.2. The maximum atomic E-state index is 5.20. The quantitative estimate of drug-likeness (QED) is 0.390. The first kappa shape index (κ1) is 16.7. The Bertz CT molecular complexity index is 454. The molecule has 0 spiro atoms. The molecule has 6 heteroatoms. The molecule has 0 fully saturated rings. The second-order valence-corrected chi connectivity index (χ2v) is 5.51. The van der Waals surface area contributed by atoms with Gasteiger partial charge in [-0.1, -0.05) is 19.4 Å². The van der Waals surface area contributed by atoms with Crippen LogP contribution in [0.5, 0.6) is 0 Å². The summed E-state index contributed by atoms with van der Waals surface area (Å²) in [4.78, 5) is 0. The number of hydrazine groups is 1. The number of hydrogen-bond acceptors (Lipinski definition) is 2. The van der Waals surface area contributed by atoms with E-state index in [1.165, 1.54) is 11.1 Å². The summed E-state index contributed by atoms with van der Waals surface area (Å²) in [6.07, 6.45) is 2.23. The largest absolute Gasteiger partial charge is 0.361 e. The van der Waals surface area contributed by atoms with Crippen LogP contribution in [0.15, 0.2) is 18.2 Å². The molecule has 0 amide bonds. The molecule has 0 unspecified atom stereocenters. The minimum absolute atomic E-state index is 0.481. The zero-order valence-corrected chi connectivity index (χ0v) is 13.8. The summed E-state index contributed by atoms with van der Waals surface area (Å²) < 4.78 is 0. The van der Waals surface area contributed by atoms with Gasteiger partial charge in [0.2, 0.25) is 0 Å². The van der Waals surface area contributed by atoms with Crippen LogP contribution in [0.1, 0.15) is 30.9 Å². The van der Waals surface area contributed by atoms with Gasteiger partial charge in [-0.05, 0) is 68.0 Å². The Balaban J connectivity index is 2.34. The molecule has 4 nitrogen and oxygen atoms in total. The van der Waals surface area contributed by atoms with Gasteiger partial charge in [0.05, 0.1) is 0 Å². The zero-order chi connectivity index (χ0) is 15.0. The third-order valence-corrected chi connectivity index (χ3v) is 3.04. The molecule has 20 heavy (non-hydrogen) atoms. The monoisotopic (exact) mass is 310 g/mol. The second kappa shape index (κ2) is 8.71. The van der Waals surface area contributed by atoms with E-state index in [-0.39, 0.29) is 0 Å². The highest BCUT2D eigenvalue weighted by Gasteiger charge is 2.00. The second-order valence-electron chi connectivity index (χ2n) is 4.69. The Hall–Kier alpha value is -1.40. The first-order chi connectivity index (χ1) is 9.51. The van der Waals surface area contributed by atoms with Crippen molar-refractivity contribution < 1.29 is 0 Å². The van der Waals surface area contributed by atoms with E-state index < -0.39 is 0 Å². The van der Waals surface area contributed by atoms with Gasteiger partial charge in [-0.3, -0.25) is 10.9 Å². The molecule has 0 heterocycles. The van der Waals surface area contributed by atoms with E-state index in [1.807, 2.05) is 12.1 Å². The molecule has 4 N–H and O–H groups in total. The van der Waals surface area contributed by atoms with E-state index in [2.05, 4.69) is 48.3 Å². The molecule has 0 radical (unpaired) electrons. The number of rotatable bonds is 4. The molecule has 0 saturated carbocycles. The molecule has 1 aromatic rings. The fraction of sp³-hybridized carbons (Fsp3) is 0.429. The highest BCUT2D eigenvalue weighted by Crippen LogP contribution is 2.13. The average molecular weight is 310 g/mol. The first-order valence-corrected chi connectivity index (χ1v) is 7.52. The number of hydrogen-bond donors (Lipinski definition) is 4. The Morgan fingerprint density at radius 1 is 1.00 bits per heavy atom. The van der Waals surface area contributed by atoms with Crippen LogP contribution in [0.2, 0.25) is 0 Å². The molecular formula is C14H22N4S2. The SMILES string of the molecule is CCCCNC(=S)NNC(=S)Nc1cc(C)cc(C)c1. The van der Waals surface area contributed by atoms with Gasteiger partial charge in [-0.15, -0.1) is 0 Å². The molecule has 0 aliphatic carbocycles. The fourth-order valence-corrected chi connectivity index (χ4v) is 2.07. The molecule has 0 aromatic heterocycles. The van der Waals surface area contributed by atoms with Crippen LogP contribution in [0.25, 0.3) is 0 Å². The Morgan fingerprint density at radius 2 is 1.60 bits per heavy atom. The minimum Gasteiger partial charge on any atom is -0.361 e. The molecule has 110 valence electrons. The molecule has 1 aromatic carbocycles. The number of nitrogens with one attached hydrogen (secondary N) is 4. The minimum atomic E-state index is 0.481. The highest BCUT2D eigenvalue weighted by atomic mass is 32.1. The van der Waals surface area contributed by atoms with Crippen molar-refractivity contribution in [2.75, 3.05) is 11.9 Å². The van der Waals surface area contributed by atoms with E-state index in [1.54, 1.807) is 0 Å². The summed E-state index contributed by atoms with van der Waals surface area (Å²) >= 11 is 10.3. The summed E-state index contributed by atoms with van der Waals surface area (Å²) in [5, 5.41) is 7.23. The van der Waals surface area contributed by atoms with Crippen molar-refractivity contribution in [1.29, 1.82) is 0 Å². The summed E-state index contributed by atoms with van der Waals surface area (Å²) in [7, 11) is 0. The van der Waals surface area contributed by atoms with Gasteiger partial charge in [-0.25, -0.2) is 0 Å². The van der Waals surface area contributed by atoms with E-state index >= 15 is 0 Å². The van der Waals surface area contributed by atoms with Gasteiger partial charge in [0.15, 0.2) is 10.2 Å². The third kappa shape index (κ3) is 6.68. The molecule has 0 aliphatic rings.